The molecule has 3 N–H and O–H groups in total. The summed E-state index contributed by atoms with van der Waals surface area (Å²) in [6.45, 7) is 10.00. The number of methoxy groups -OCH3 is 1. The van der Waals surface area contributed by atoms with Crippen molar-refractivity contribution in [3.05, 3.63) is 34.8 Å². The number of nitrogens with zero attached hydrogens (tertiary/aromatic N) is 6. The number of ether oxygens (including phenoxy) is 1. The summed E-state index contributed by atoms with van der Waals surface area (Å²) in [7, 11) is -2.48. The van der Waals surface area contributed by atoms with Crippen LogP contribution in [0.1, 0.15) is 90.4 Å². The molecule has 5 atom stereocenters. The molecule has 1 saturated heterocycles. The highest BCUT2D eigenvalue weighted by Crippen LogP contribution is 2.49. The van der Waals surface area contributed by atoms with Gasteiger partial charge in [0.25, 0.3) is 5.91 Å². The molecule has 0 radical (unpaired) electrons. The van der Waals surface area contributed by atoms with Crippen LogP contribution < -0.4 is 20.1 Å². The Bertz CT molecular complexity index is 2120. The molecule has 0 unspecified atom stereocenters. The third kappa shape index (κ3) is 8.11. The Morgan fingerprint density at radius 2 is 1.93 bits per heavy atom. The first kappa shape index (κ1) is 40.0. The summed E-state index contributed by atoms with van der Waals surface area (Å²) in [5.74, 6) is -3.08. The molecular weight excluding hydrogens is 769 g/mol. The van der Waals surface area contributed by atoms with Gasteiger partial charge >= 0.3 is 0 Å². The van der Waals surface area contributed by atoms with Gasteiger partial charge < -0.3 is 20.3 Å². The van der Waals surface area contributed by atoms with Gasteiger partial charge in [-0.2, -0.15) is 4.80 Å². The molecule has 2 aliphatic carbocycles. The molecule has 15 nitrogen and oxygen atoms in total. The van der Waals surface area contributed by atoms with Gasteiger partial charge in [-0.3, -0.25) is 19.1 Å². The van der Waals surface area contributed by atoms with Gasteiger partial charge in [0.1, 0.15) is 23.4 Å². The quantitative estimate of drug-likeness (QED) is 0.311. The number of aryl methyl sites for hydroxylation is 1. The topological polar surface area (TPSA) is 190 Å². The number of aromatic nitrogens is 5. The first-order chi connectivity index (χ1) is 26.3. The van der Waals surface area contributed by atoms with Gasteiger partial charge in [0, 0.05) is 23.9 Å². The zero-order valence-corrected chi connectivity index (χ0v) is 34.0. The highest BCUT2D eigenvalue weighted by molar-refractivity contribution is 7.91. The number of alkyl halides is 2. The van der Waals surface area contributed by atoms with Crippen LogP contribution in [-0.4, -0.2) is 99.2 Å². The van der Waals surface area contributed by atoms with Gasteiger partial charge in [0.05, 0.1) is 30.0 Å². The number of hydrogen-bond donors (Lipinski definition) is 3. The van der Waals surface area contributed by atoms with E-state index in [1.165, 1.54) is 21.0 Å². The fraction of sp³-hybridized carbons (Fsp3) is 0.649. The number of carbonyl (C=O) groups is 3. The van der Waals surface area contributed by atoms with Crippen LogP contribution in [0.25, 0.3) is 11.4 Å². The molecule has 8 bridgehead atoms. The van der Waals surface area contributed by atoms with Crippen LogP contribution >= 0.6 is 11.3 Å². The summed E-state index contributed by atoms with van der Waals surface area (Å²) in [5.41, 5.74) is -0.383. The number of nitrogens with one attached hydrogen (secondary N) is 3. The molecular formula is C37H49F2N9O6S2. The number of sulfonamides is 1. The standard InChI is InChI=1S/C37H49F2N9O6S2/c1-35(2,3)28-32(50)47-18-23(15-26(47)31(49)42-37(17-25(37)29(38)39)33(51)45-56(52,53)24-10-11-24)48-44-30(43-46-48)21-9-12-27(54-6)20(14-21)8-7-13-36(4,5)16-22-19-55-34(40-22)41-28/h9,12,14,19,23-26,28-29H,7-8,10-11,13,15-18H2,1-6H3,(H,40,41)(H,42,49)(H,45,51)/t23-,25+,26+,28-,37-/m1/s1. The minimum atomic E-state index is -4.10. The molecule has 19 heteroatoms. The second-order valence-corrected chi connectivity index (χ2v) is 20.2. The van der Waals surface area contributed by atoms with E-state index in [1.54, 1.807) is 7.11 Å². The van der Waals surface area contributed by atoms with Crippen molar-refractivity contribution in [3.63, 3.8) is 0 Å². The SMILES string of the molecule is COc1ccc2cc1CCCC(C)(C)Cc1csc(n1)N[C@@H](C(C)(C)C)C(=O)N1C[C@@H](C[C@H]1C(=O)N[C@]1(C(=O)NS(=O)(=O)C3CC3)C[C@H]1C(F)F)n1nnc-2n1. The second-order valence-electron chi connectivity index (χ2n) is 17.4. The molecule has 2 aromatic heterocycles. The number of carbonyl (C=O) groups excluding carboxylic acids is 3. The van der Waals surface area contributed by atoms with Crippen LogP contribution in [-0.2, 0) is 37.2 Å². The summed E-state index contributed by atoms with van der Waals surface area (Å²) < 4.78 is 61.3. The van der Waals surface area contributed by atoms with E-state index in [0.717, 1.165) is 36.3 Å². The predicted octanol–water partition coefficient (Wildman–Crippen LogP) is 4.13. The lowest BCUT2D eigenvalue weighted by Crippen LogP contribution is -2.59. The van der Waals surface area contributed by atoms with Crippen molar-refractivity contribution >= 4 is 44.2 Å². The third-order valence-electron chi connectivity index (χ3n) is 11.3. The van der Waals surface area contributed by atoms with Crippen molar-refractivity contribution in [1.82, 2.24) is 40.1 Å². The highest BCUT2D eigenvalue weighted by Gasteiger charge is 2.67. The molecule has 3 amide bonds. The fourth-order valence-corrected chi connectivity index (χ4v) is 9.95. The molecule has 1 aromatic carbocycles. The van der Waals surface area contributed by atoms with Gasteiger partial charge in [-0.05, 0) is 84.8 Å². The van der Waals surface area contributed by atoms with Gasteiger partial charge in [-0.1, -0.05) is 34.6 Å². The normalized spacial score (nSPS) is 26.7. The Balaban J connectivity index is 1.25. The van der Waals surface area contributed by atoms with Gasteiger partial charge in [-0.25, -0.2) is 22.2 Å². The summed E-state index contributed by atoms with van der Waals surface area (Å²) in [6.07, 6.45) is 0.450. The lowest BCUT2D eigenvalue weighted by Gasteiger charge is -2.35. The molecule has 2 aliphatic heterocycles. The highest BCUT2D eigenvalue weighted by atomic mass is 32.2. The smallest absolute Gasteiger partial charge is 0.259 e. The van der Waals surface area contributed by atoms with Crippen molar-refractivity contribution in [3.8, 4) is 17.1 Å². The maximum atomic E-state index is 14.8. The number of amides is 3. The Kier molecular flexibility index (Phi) is 10.4. The molecule has 4 heterocycles. The number of benzene rings is 1. The van der Waals surface area contributed by atoms with E-state index in [2.05, 4.69) is 39.9 Å². The minimum absolute atomic E-state index is 0.0357. The van der Waals surface area contributed by atoms with Gasteiger partial charge in [-0.15, -0.1) is 21.5 Å². The van der Waals surface area contributed by atoms with E-state index in [0.29, 0.717) is 35.8 Å². The van der Waals surface area contributed by atoms with E-state index >= 15 is 0 Å². The van der Waals surface area contributed by atoms with E-state index in [4.69, 9.17) is 9.72 Å². The largest absolute Gasteiger partial charge is 0.496 e. The van der Waals surface area contributed by atoms with Crippen molar-refractivity contribution in [2.45, 2.75) is 121 Å². The Hall–Kier alpha value is -4.26. The van der Waals surface area contributed by atoms with Gasteiger partial charge in [0.15, 0.2) is 5.13 Å². The molecule has 7 rings (SSSR count). The van der Waals surface area contributed by atoms with Crippen molar-refractivity contribution in [1.29, 1.82) is 0 Å². The Morgan fingerprint density at radius 3 is 2.59 bits per heavy atom. The third-order valence-corrected chi connectivity index (χ3v) is 14.0. The molecule has 0 spiro atoms. The Labute approximate surface area is 328 Å². The molecule has 3 fully saturated rings. The van der Waals surface area contributed by atoms with E-state index in [-0.39, 0.29) is 18.4 Å². The van der Waals surface area contributed by atoms with Crippen LogP contribution in [0.2, 0.25) is 0 Å². The molecule has 2 saturated carbocycles. The molecule has 56 heavy (non-hydrogen) atoms. The number of hydrogen-bond acceptors (Lipinski definition) is 12. The van der Waals surface area contributed by atoms with Crippen molar-refractivity contribution in [2.24, 2.45) is 16.7 Å². The molecule has 4 aliphatic rings. The lowest BCUT2D eigenvalue weighted by atomic mass is 9.82. The maximum absolute atomic E-state index is 14.8. The fourth-order valence-electron chi connectivity index (χ4n) is 7.85. The zero-order valence-electron chi connectivity index (χ0n) is 32.3. The number of rotatable bonds is 7. The first-order valence-electron chi connectivity index (χ1n) is 18.9. The number of fused-ring (bicyclic) bond motifs is 10. The van der Waals surface area contributed by atoms with E-state index in [1.807, 2.05) is 49.1 Å². The lowest BCUT2D eigenvalue weighted by molar-refractivity contribution is -0.141. The second kappa shape index (κ2) is 14.6. The zero-order chi connectivity index (χ0) is 40.4. The summed E-state index contributed by atoms with van der Waals surface area (Å²) >= 11 is 1.38. The average Bonchev–Trinajstić information content (AvgIpc) is 3.93. The average molecular weight is 818 g/mol. The van der Waals surface area contributed by atoms with Crippen LogP contribution in [0.15, 0.2) is 23.6 Å². The maximum Gasteiger partial charge on any atom is 0.259 e. The van der Waals surface area contributed by atoms with Crippen LogP contribution in [0.3, 0.4) is 0 Å². The van der Waals surface area contributed by atoms with E-state index < -0.39 is 80.8 Å². The predicted molar refractivity (Wildman–Crippen MR) is 203 cm³/mol. The molecule has 3 aromatic rings. The Morgan fingerprint density at radius 1 is 1.18 bits per heavy atom. The van der Waals surface area contributed by atoms with Crippen molar-refractivity contribution in [2.75, 3.05) is 19.0 Å². The van der Waals surface area contributed by atoms with Crippen LogP contribution in [0.4, 0.5) is 13.9 Å². The number of anilines is 1. The summed E-state index contributed by atoms with van der Waals surface area (Å²) in [5, 5.41) is 20.9. The van der Waals surface area contributed by atoms with Gasteiger partial charge in [0.2, 0.25) is 34.1 Å². The number of thiazole rings is 1. The van der Waals surface area contributed by atoms with Crippen LogP contribution in [0.5, 0.6) is 5.75 Å². The summed E-state index contributed by atoms with van der Waals surface area (Å²) in [4.78, 5) is 50.1. The number of tetrazole rings is 1. The van der Waals surface area contributed by atoms with Crippen LogP contribution in [0, 0.1) is 16.7 Å². The number of halogens is 2. The molecule has 304 valence electrons. The van der Waals surface area contributed by atoms with Crippen molar-refractivity contribution < 1.29 is 36.3 Å². The summed E-state index contributed by atoms with van der Waals surface area (Å²) in [6, 6.07) is 2.86. The monoisotopic (exact) mass is 817 g/mol. The van der Waals surface area contributed by atoms with E-state index in [9.17, 15) is 31.6 Å². The first-order valence-corrected chi connectivity index (χ1v) is 21.4. The minimum Gasteiger partial charge on any atom is -0.496 e.